The van der Waals surface area contributed by atoms with Crippen LogP contribution in [0.3, 0.4) is 0 Å². The van der Waals surface area contributed by atoms with Gasteiger partial charge in [0.1, 0.15) is 0 Å². The fraction of sp³-hybridized carbons (Fsp3) is 0.176. The minimum absolute atomic E-state index is 0.0397. The highest BCUT2D eigenvalue weighted by molar-refractivity contribution is 8.02. The van der Waals surface area contributed by atoms with Crippen LogP contribution in [0.4, 0.5) is 11.4 Å². The Morgan fingerprint density at radius 3 is 2.68 bits per heavy atom. The number of carbonyl (C=O) groups excluding carboxylic acids is 1. The number of aryl methyl sites for hydroxylation is 1. The maximum atomic E-state index is 12.3. The Morgan fingerprint density at radius 1 is 1.28 bits per heavy atom. The highest BCUT2D eigenvalue weighted by Crippen LogP contribution is 2.34. The average molecular weight is 373 g/mol. The Kier molecular flexibility index (Phi) is 5.00. The van der Waals surface area contributed by atoms with Gasteiger partial charge in [-0.1, -0.05) is 29.5 Å². The molecule has 1 heterocycles. The van der Waals surface area contributed by atoms with Crippen LogP contribution in [0.15, 0.2) is 46.8 Å². The zero-order valence-electron chi connectivity index (χ0n) is 13.6. The molecule has 0 aliphatic rings. The number of thiazole rings is 1. The van der Waals surface area contributed by atoms with Gasteiger partial charge in [0.2, 0.25) is 5.91 Å². The first kappa shape index (κ1) is 17.4. The third-order valence-electron chi connectivity index (χ3n) is 3.53. The van der Waals surface area contributed by atoms with Gasteiger partial charge in [-0.25, -0.2) is 4.98 Å². The Morgan fingerprint density at radius 2 is 2.00 bits per heavy atom. The van der Waals surface area contributed by atoms with Crippen molar-refractivity contribution < 1.29 is 9.72 Å². The number of benzene rings is 2. The maximum absolute atomic E-state index is 12.3. The number of thioether (sulfide) groups is 1. The lowest BCUT2D eigenvalue weighted by atomic mass is 10.2. The van der Waals surface area contributed by atoms with E-state index in [1.54, 1.807) is 6.07 Å². The SMILES string of the molecule is Cc1ccc(NC(=O)[C@H](C)Sc2nc3ccc([N+](=O)[O-])cc3s2)cc1. The third-order valence-corrected chi connectivity index (χ3v) is 5.74. The summed E-state index contributed by atoms with van der Waals surface area (Å²) in [5, 5.41) is 13.4. The minimum Gasteiger partial charge on any atom is -0.325 e. The van der Waals surface area contributed by atoms with Crippen LogP contribution < -0.4 is 5.32 Å². The maximum Gasteiger partial charge on any atom is 0.270 e. The van der Waals surface area contributed by atoms with Crippen LogP contribution in [-0.4, -0.2) is 21.1 Å². The molecule has 2 aromatic carbocycles. The zero-order valence-corrected chi connectivity index (χ0v) is 15.2. The number of nitrogens with one attached hydrogen (secondary N) is 1. The molecule has 8 heteroatoms. The molecule has 1 aromatic heterocycles. The summed E-state index contributed by atoms with van der Waals surface area (Å²) in [7, 11) is 0. The molecule has 0 fully saturated rings. The lowest BCUT2D eigenvalue weighted by Gasteiger charge is -2.10. The van der Waals surface area contributed by atoms with Gasteiger partial charge in [0, 0.05) is 17.8 Å². The fourth-order valence-corrected chi connectivity index (χ4v) is 4.39. The molecule has 0 aliphatic heterocycles. The van der Waals surface area contributed by atoms with Crippen molar-refractivity contribution in [3.63, 3.8) is 0 Å². The highest BCUT2D eigenvalue weighted by Gasteiger charge is 2.18. The Labute approximate surface area is 152 Å². The number of anilines is 1. The first-order valence-corrected chi connectivity index (χ1v) is 9.21. The molecule has 25 heavy (non-hydrogen) atoms. The van der Waals surface area contributed by atoms with Crippen molar-refractivity contribution >= 4 is 50.6 Å². The number of hydrogen-bond donors (Lipinski definition) is 1. The number of nitro groups is 1. The number of fused-ring (bicyclic) bond motifs is 1. The van der Waals surface area contributed by atoms with Gasteiger partial charge in [-0.05, 0) is 32.0 Å². The molecule has 3 aromatic rings. The van der Waals surface area contributed by atoms with Crippen molar-refractivity contribution in [2.75, 3.05) is 5.32 Å². The molecule has 0 aliphatic carbocycles. The summed E-state index contributed by atoms with van der Waals surface area (Å²) < 4.78 is 1.45. The first-order valence-electron chi connectivity index (χ1n) is 7.51. The predicted octanol–water partition coefficient (Wildman–Crippen LogP) is 4.63. The van der Waals surface area contributed by atoms with Crippen LogP contribution >= 0.6 is 23.1 Å². The predicted molar refractivity (Wildman–Crippen MR) is 101 cm³/mol. The van der Waals surface area contributed by atoms with Crippen LogP contribution in [0.1, 0.15) is 12.5 Å². The second kappa shape index (κ2) is 7.20. The summed E-state index contributed by atoms with van der Waals surface area (Å²) in [6, 6.07) is 12.2. The summed E-state index contributed by atoms with van der Waals surface area (Å²) in [5.74, 6) is -0.112. The van der Waals surface area contributed by atoms with E-state index in [-0.39, 0.29) is 16.8 Å². The number of nitro benzene ring substituents is 1. The van der Waals surface area contributed by atoms with Crippen molar-refractivity contribution in [1.82, 2.24) is 4.98 Å². The Hall–Kier alpha value is -2.45. The largest absolute Gasteiger partial charge is 0.325 e. The number of rotatable bonds is 5. The van der Waals surface area contributed by atoms with E-state index in [0.29, 0.717) is 9.86 Å². The normalized spacial score (nSPS) is 12.1. The van der Waals surface area contributed by atoms with E-state index in [2.05, 4.69) is 10.3 Å². The molecule has 0 unspecified atom stereocenters. The molecule has 0 spiro atoms. The molecule has 3 rings (SSSR count). The molecular weight excluding hydrogens is 358 g/mol. The molecule has 1 amide bonds. The Bertz CT molecular complexity index is 938. The van der Waals surface area contributed by atoms with Crippen LogP contribution in [0.25, 0.3) is 10.2 Å². The van der Waals surface area contributed by atoms with Gasteiger partial charge in [-0.15, -0.1) is 11.3 Å². The lowest BCUT2D eigenvalue weighted by molar-refractivity contribution is -0.384. The van der Waals surface area contributed by atoms with Crippen molar-refractivity contribution in [1.29, 1.82) is 0 Å². The molecule has 0 saturated carbocycles. The molecule has 128 valence electrons. The van der Waals surface area contributed by atoms with Crippen LogP contribution in [0, 0.1) is 17.0 Å². The van der Waals surface area contributed by atoms with Crippen molar-refractivity contribution in [3.05, 3.63) is 58.1 Å². The fourth-order valence-electron chi connectivity index (χ4n) is 2.14. The van der Waals surface area contributed by atoms with E-state index in [9.17, 15) is 14.9 Å². The monoisotopic (exact) mass is 373 g/mol. The van der Waals surface area contributed by atoms with Gasteiger partial charge in [0.15, 0.2) is 4.34 Å². The molecule has 6 nitrogen and oxygen atoms in total. The van der Waals surface area contributed by atoms with Gasteiger partial charge < -0.3 is 5.32 Å². The molecule has 0 bridgehead atoms. The summed E-state index contributed by atoms with van der Waals surface area (Å²) in [6.07, 6.45) is 0. The second-order valence-corrected chi connectivity index (χ2v) is 8.12. The van der Waals surface area contributed by atoms with E-state index in [1.807, 2.05) is 38.1 Å². The summed E-state index contributed by atoms with van der Waals surface area (Å²) in [5.41, 5.74) is 2.62. The van der Waals surface area contributed by atoms with Crippen molar-refractivity contribution in [3.8, 4) is 0 Å². The van der Waals surface area contributed by atoms with Gasteiger partial charge in [-0.3, -0.25) is 14.9 Å². The average Bonchev–Trinajstić information content (AvgIpc) is 2.98. The highest BCUT2D eigenvalue weighted by atomic mass is 32.2. The lowest BCUT2D eigenvalue weighted by Crippen LogP contribution is -2.22. The van der Waals surface area contributed by atoms with Crippen molar-refractivity contribution in [2.24, 2.45) is 0 Å². The van der Waals surface area contributed by atoms with Gasteiger partial charge >= 0.3 is 0 Å². The van der Waals surface area contributed by atoms with Gasteiger partial charge in [-0.2, -0.15) is 0 Å². The quantitative estimate of drug-likeness (QED) is 0.400. The number of non-ortho nitro benzene ring substituents is 1. The summed E-state index contributed by atoms with van der Waals surface area (Å²) in [6.45, 7) is 3.80. The Balaban J connectivity index is 1.70. The van der Waals surface area contributed by atoms with Crippen LogP contribution in [0.5, 0.6) is 0 Å². The molecular formula is C17H15N3O3S2. The van der Waals surface area contributed by atoms with E-state index in [0.717, 1.165) is 16.0 Å². The second-order valence-electron chi connectivity index (χ2n) is 5.50. The van der Waals surface area contributed by atoms with Crippen molar-refractivity contribution in [2.45, 2.75) is 23.4 Å². The van der Waals surface area contributed by atoms with E-state index in [1.165, 1.54) is 35.2 Å². The number of amides is 1. The molecule has 1 N–H and O–H groups in total. The standard InChI is InChI=1S/C17H15N3O3S2/c1-10-3-5-12(6-4-10)18-16(21)11(2)24-17-19-14-8-7-13(20(22)23)9-15(14)25-17/h3-9,11H,1-2H3,(H,18,21)/t11-/m0/s1. The number of nitrogens with zero attached hydrogens (tertiary/aromatic N) is 2. The van der Waals surface area contributed by atoms with E-state index >= 15 is 0 Å². The molecule has 0 radical (unpaired) electrons. The number of aromatic nitrogens is 1. The molecule has 0 saturated heterocycles. The van der Waals surface area contributed by atoms with E-state index in [4.69, 9.17) is 0 Å². The number of hydrogen-bond acceptors (Lipinski definition) is 6. The van der Waals surface area contributed by atoms with Crippen LogP contribution in [-0.2, 0) is 4.79 Å². The topological polar surface area (TPSA) is 85.1 Å². The van der Waals surface area contributed by atoms with Crippen LogP contribution in [0.2, 0.25) is 0 Å². The third kappa shape index (κ3) is 4.15. The molecule has 1 atom stereocenters. The summed E-state index contributed by atoms with van der Waals surface area (Å²) >= 11 is 2.69. The van der Waals surface area contributed by atoms with Gasteiger partial charge in [0.25, 0.3) is 5.69 Å². The zero-order chi connectivity index (χ0) is 18.0. The minimum atomic E-state index is -0.427. The van der Waals surface area contributed by atoms with Gasteiger partial charge in [0.05, 0.1) is 20.4 Å². The number of carbonyl (C=O) groups is 1. The smallest absolute Gasteiger partial charge is 0.270 e. The van der Waals surface area contributed by atoms with E-state index < -0.39 is 4.92 Å². The summed E-state index contributed by atoms with van der Waals surface area (Å²) in [4.78, 5) is 27.2. The first-order chi connectivity index (χ1) is 11.9.